The summed E-state index contributed by atoms with van der Waals surface area (Å²) in [6, 6.07) is 17.8. The van der Waals surface area contributed by atoms with Crippen molar-refractivity contribution in [2.75, 3.05) is 5.32 Å². The highest BCUT2D eigenvalue weighted by Gasteiger charge is 2.21. The predicted octanol–water partition coefficient (Wildman–Crippen LogP) is 3.00. The number of carbonyl (C=O) groups excluding carboxylic acids is 2. The van der Waals surface area contributed by atoms with Gasteiger partial charge in [0.05, 0.1) is 0 Å². The van der Waals surface area contributed by atoms with Crippen molar-refractivity contribution in [1.29, 1.82) is 0 Å². The number of carboxylic acids is 1. The van der Waals surface area contributed by atoms with Gasteiger partial charge in [-0.15, -0.1) is 0 Å². The van der Waals surface area contributed by atoms with Gasteiger partial charge in [-0.2, -0.15) is 0 Å². The molecule has 0 fully saturated rings. The number of unbranched alkanes of at least 4 members (excludes halogenated alkanes) is 1. The van der Waals surface area contributed by atoms with Crippen LogP contribution in [0.2, 0.25) is 0 Å². The van der Waals surface area contributed by atoms with Gasteiger partial charge in [-0.25, -0.2) is 0 Å². The van der Waals surface area contributed by atoms with E-state index in [9.17, 15) is 14.4 Å². The Balaban J connectivity index is 1.97. The van der Waals surface area contributed by atoms with Gasteiger partial charge < -0.3 is 15.7 Å². The van der Waals surface area contributed by atoms with Gasteiger partial charge in [0.2, 0.25) is 11.8 Å². The smallest absolute Gasteiger partial charge is 0.303 e. The van der Waals surface area contributed by atoms with Crippen LogP contribution in [-0.2, 0) is 20.8 Å². The van der Waals surface area contributed by atoms with Gasteiger partial charge in [0.25, 0.3) is 0 Å². The molecule has 0 heterocycles. The normalized spacial score (nSPS) is 11.4. The Hall–Kier alpha value is -3.15. The fourth-order valence-corrected chi connectivity index (χ4v) is 2.64. The highest BCUT2D eigenvalue weighted by Crippen LogP contribution is 2.09. The van der Waals surface area contributed by atoms with Crippen molar-refractivity contribution < 1.29 is 19.5 Å². The molecule has 2 amide bonds. The number of nitrogens with one attached hydrogen (secondary N) is 2. The summed E-state index contributed by atoms with van der Waals surface area (Å²) >= 11 is 0. The van der Waals surface area contributed by atoms with Crippen LogP contribution in [0.25, 0.3) is 0 Å². The third-order valence-electron chi connectivity index (χ3n) is 4.02. The molecule has 0 aromatic heterocycles. The summed E-state index contributed by atoms with van der Waals surface area (Å²) in [6.07, 6.45) is 1.51. The van der Waals surface area contributed by atoms with E-state index in [0.717, 1.165) is 5.56 Å². The van der Waals surface area contributed by atoms with E-state index in [0.29, 0.717) is 24.9 Å². The maximum absolute atomic E-state index is 12.7. The molecule has 2 aromatic rings. The second-order valence-corrected chi connectivity index (χ2v) is 6.27. The Bertz CT molecular complexity index is 747. The van der Waals surface area contributed by atoms with Crippen LogP contribution in [0.4, 0.5) is 5.69 Å². The van der Waals surface area contributed by atoms with Crippen molar-refractivity contribution in [3.63, 3.8) is 0 Å². The molecule has 0 spiro atoms. The van der Waals surface area contributed by atoms with Gasteiger partial charge in [0.1, 0.15) is 6.04 Å². The van der Waals surface area contributed by atoms with Crippen molar-refractivity contribution >= 4 is 23.5 Å². The number of aliphatic carboxylic acids is 1. The number of benzene rings is 2. The lowest BCUT2D eigenvalue weighted by molar-refractivity contribution is -0.137. The number of hydrogen-bond acceptors (Lipinski definition) is 3. The summed E-state index contributed by atoms with van der Waals surface area (Å²) in [5, 5.41) is 14.2. The van der Waals surface area contributed by atoms with Crippen LogP contribution in [0.5, 0.6) is 0 Å². The number of anilines is 1. The molecule has 0 saturated heterocycles. The minimum atomic E-state index is -0.875. The van der Waals surface area contributed by atoms with Crippen molar-refractivity contribution in [1.82, 2.24) is 5.32 Å². The van der Waals surface area contributed by atoms with Crippen LogP contribution in [0.1, 0.15) is 31.2 Å². The van der Waals surface area contributed by atoms with Crippen molar-refractivity contribution in [2.24, 2.45) is 0 Å². The van der Waals surface area contributed by atoms with Crippen LogP contribution in [0.15, 0.2) is 60.7 Å². The first kappa shape index (κ1) is 20.2. The van der Waals surface area contributed by atoms with E-state index < -0.39 is 12.0 Å². The van der Waals surface area contributed by atoms with Crippen molar-refractivity contribution in [3.05, 3.63) is 66.2 Å². The maximum atomic E-state index is 12.7. The van der Waals surface area contributed by atoms with Gasteiger partial charge in [-0.05, 0) is 30.5 Å². The van der Waals surface area contributed by atoms with E-state index in [1.165, 1.54) is 0 Å². The second-order valence-electron chi connectivity index (χ2n) is 6.27. The molecule has 0 radical (unpaired) electrons. The molecule has 27 heavy (non-hydrogen) atoms. The molecule has 1 unspecified atom stereocenters. The van der Waals surface area contributed by atoms with E-state index >= 15 is 0 Å². The fraction of sp³-hybridized carbons (Fsp3) is 0.286. The number of amides is 2. The highest BCUT2D eigenvalue weighted by atomic mass is 16.4. The minimum absolute atomic E-state index is 0.0369. The van der Waals surface area contributed by atoms with Crippen LogP contribution in [-0.4, -0.2) is 28.9 Å². The summed E-state index contributed by atoms with van der Waals surface area (Å²) in [6.45, 7) is 0. The molecule has 0 aliphatic heterocycles. The van der Waals surface area contributed by atoms with E-state index in [2.05, 4.69) is 10.6 Å². The number of para-hydroxylation sites is 1. The molecule has 2 rings (SSSR count). The predicted molar refractivity (Wildman–Crippen MR) is 103 cm³/mol. The van der Waals surface area contributed by atoms with Crippen LogP contribution >= 0.6 is 0 Å². The van der Waals surface area contributed by atoms with E-state index in [1.807, 2.05) is 48.5 Å². The highest BCUT2D eigenvalue weighted by molar-refractivity contribution is 5.97. The van der Waals surface area contributed by atoms with Gasteiger partial charge in [-0.3, -0.25) is 14.4 Å². The topological polar surface area (TPSA) is 95.5 Å². The quantitative estimate of drug-likeness (QED) is 0.562. The third kappa shape index (κ3) is 7.73. The number of carbonyl (C=O) groups is 3. The zero-order valence-corrected chi connectivity index (χ0v) is 15.1. The number of carboxylic acid groups (broad SMARTS) is 1. The summed E-state index contributed by atoms with van der Waals surface area (Å²) in [5.41, 5.74) is 1.60. The number of rotatable bonds is 10. The minimum Gasteiger partial charge on any atom is -0.481 e. The third-order valence-corrected chi connectivity index (χ3v) is 4.02. The Morgan fingerprint density at radius 1 is 0.852 bits per heavy atom. The molecule has 0 saturated carbocycles. The maximum Gasteiger partial charge on any atom is 0.303 e. The lowest BCUT2D eigenvalue weighted by atomic mass is 10.0. The Morgan fingerprint density at radius 2 is 1.44 bits per heavy atom. The summed E-state index contributed by atoms with van der Waals surface area (Å²) in [4.78, 5) is 35.4. The molecule has 0 aliphatic carbocycles. The molecule has 1 atom stereocenters. The summed E-state index contributed by atoms with van der Waals surface area (Å²) in [5.74, 6) is -1.42. The molecule has 2 aromatic carbocycles. The summed E-state index contributed by atoms with van der Waals surface area (Å²) in [7, 11) is 0. The lowest BCUT2D eigenvalue weighted by Crippen LogP contribution is -2.45. The van der Waals surface area contributed by atoms with Gasteiger partial charge in [0.15, 0.2) is 0 Å². The SMILES string of the molecule is O=C(O)CCCCC(=O)NC(Cc1ccccc1)C(=O)Nc1ccccc1. The van der Waals surface area contributed by atoms with E-state index in [4.69, 9.17) is 5.11 Å². The fourth-order valence-electron chi connectivity index (χ4n) is 2.64. The molecule has 0 bridgehead atoms. The zero-order chi connectivity index (χ0) is 19.5. The Labute approximate surface area is 158 Å². The molecule has 3 N–H and O–H groups in total. The summed E-state index contributed by atoms with van der Waals surface area (Å²) < 4.78 is 0. The first-order valence-electron chi connectivity index (χ1n) is 8.95. The lowest BCUT2D eigenvalue weighted by Gasteiger charge is -2.19. The van der Waals surface area contributed by atoms with Crippen molar-refractivity contribution in [3.8, 4) is 0 Å². The van der Waals surface area contributed by atoms with Gasteiger partial charge in [-0.1, -0.05) is 48.5 Å². The van der Waals surface area contributed by atoms with Crippen molar-refractivity contribution in [2.45, 2.75) is 38.1 Å². The standard InChI is InChI=1S/C21H24N2O4/c24-19(13-7-8-14-20(25)26)23-18(15-16-9-3-1-4-10-16)21(27)22-17-11-5-2-6-12-17/h1-6,9-12,18H,7-8,13-15H2,(H,22,27)(H,23,24)(H,25,26). The Morgan fingerprint density at radius 3 is 2.07 bits per heavy atom. The second kappa shape index (κ2) is 10.8. The zero-order valence-electron chi connectivity index (χ0n) is 15.1. The molecule has 142 valence electrons. The monoisotopic (exact) mass is 368 g/mol. The average Bonchev–Trinajstić information content (AvgIpc) is 2.66. The number of hydrogen-bond donors (Lipinski definition) is 3. The molecule has 6 nitrogen and oxygen atoms in total. The average molecular weight is 368 g/mol. The van der Waals surface area contributed by atoms with Crippen LogP contribution in [0.3, 0.4) is 0 Å². The van der Waals surface area contributed by atoms with Gasteiger partial charge >= 0.3 is 5.97 Å². The van der Waals surface area contributed by atoms with Crippen LogP contribution in [0, 0.1) is 0 Å². The largest absolute Gasteiger partial charge is 0.481 e. The molecule has 6 heteroatoms. The van der Waals surface area contributed by atoms with E-state index in [-0.39, 0.29) is 24.7 Å². The molecule has 0 aliphatic rings. The Kier molecular flexibility index (Phi) is 8.03. The van der Waals surface area contributed by atoms with E-state index in [1.54, 1.807) is 12.1 Å². The first-order chi connectivity index (χ1) is 13.0. The molecular weight excluding hydrogens is 344 g/mol. The van der Waals surface area contributed by atoms with Gasteiger partial charge in [0, 0.05) is 24.9 Å². The first-order valence-corrected chi connectivity index (χ1v) is 8.95. The molecular formula is C21H24N2O4. The van der Waals surface area contributed by atoms with Crippen LogP contribution < -0.4 is 10.6 Å².